The quantitative estimate of drug-likeness (QED) is 0.170. The lowest BCUT2D eigenvalue weighted by Crippen LogP contribution is -2.10. The lowest BCUT2D eigenvalue weighted by atomic mass is 9.98. The number of hydrogen-bond donors (Lipinski definition) is 0. The second kappa shape index (κ2) is 12.9. The van der Waals surface area contributed by atoms with Crippen LogP contribution < -0.4 is 4.90 Å². The molecule has 0 radical (unpaired) electrons. The average Bonchev–Trinajstić information content (AvgIpc) is 3.83. The van der Waals surface area contributed by atoms with E-state index >= 15 is 0 Å². The van der Waals surface area contributed by atoms with Gasteiger partial charge in [-0.15, -0.1) is 11.3 Å². The molecule has 0 unspecified atom stereocenters. The van der Waals surface area contributed by atoms with Crippen LogP contribution in [0.25, 0.3) is 86.3 Å². The molecule has 2 aromatic heterocycles. The highest BCUT2D eigenvalue weighted by atomic mass is 32.1. The highest BCUT2D eigenvalue weighted by Crippen LogP contribution is 2.46. The largest absolute Gasteiger partial charge is 0.455 e. The number of benzene rings is 9. The fraction of sp³-hybridized carbons (Fsp3) is 0. The van der Waals surface area contributed by atoms with Crippen molar-refractivity contribution < 1.29 is 4.42 Å². The lowest BCUT2D eigenvalue weighted by Gasteiger charge is -2.27. The Kier molecular flexibility index (Phi) is 7.39. The van der Waals surface area contributed by atoms with E-state index in [2.05, 4.69) is 205 Å². The van der Waals surface area contributed by atoms with E-state index in [0.29, 0.717) is 0 Å². The number of nitrogens with zero attached hydrogens (tertiary/aromatic N) is 1. The topological polar surface area (TPSA) is 16.4 Å². The molecule has 0 fully saturated rings. The summed E-state index contributed by atoms with van der Waals surface area (Å²) < 4.78 is 9.37. The fourth-order valence-electron chi connectivity index (χ4n) is 8.20. The van der Waals surface area contributed by atoms with Gasteiger partial charge in [-0.2, -0.15) is 0 Å². The van der Waals surface area contributed by atoms with Gasteiger partial charge in [-0.25, -0.2) is 0 Å². The van der Waals surface area contributed by atoms with Gasteiger partial charge in [0, 0.05) is 53.1 Å². The maximum atomic E-state index is 6.75. The normalized spacial score (nSPS) is 11.6. The standard InChI is InChI=1S/C52H33NOS/c1-3-12-34(13-4-1)36-22-27-39(28-23-36)53(40-29-24-37(25-30-40)35-14-5-2-6-15-35)48-33-47-46-32-38(26-31-49(46)54-51(47)44-18-8-7-16-42(44)48)41-19-11-20-45-43-17-9-10-21-50(43)55-52(41)45/h1-33H. The van der Waals surface area contributed by atoms with Crippen molar-refractivity contribution >= 4 is 81.3 Å². The molecule has 0 bridgehead atoms. The summed E-state index contributed by atoms with van der Waals surface area (Å²) in [5, 5.41) is 7.03. The third-order valence-electron chi connectivity index (χ3n) is 10.9. The second-order valence-corrected chi connectivity index (χ2v) is 15.1. The summed E-state index contributed by atoms with van der Waals surface area (Å²) in [6.07, 6.45) is 0. The Bertz CT molecular complexity index is 3090. The number of hydrogen-bond acceptors (Lipinski definition) is 3. The van der Waals surface area contributed by atoms with Crippen LogP contribution in [-0.2, 0) is 0 Å². The van der Waals surface area contributed by atoms with E-state index in [1.807, 2.05) is 11.3 Å². The molecule has 0 aliphatic rings. The van der Waals surface area contributed by atoms with Gasteiger partial charge < -0.3 is 9.32 Å². The van der Waals surface area contributed by atoms with Gasteiger partial charge in [0.1, 0.15) is 11.2 Å². The fourth-order valence-corrected chi connectivity index (χ4v) is 9.44. The molecule has 0 N–H and O–H groups in total. The average molecular weight is 720 g/mol. The van der Waals surface area contributed by atoms with Crippen molar-refractivity contribution in [2.24, 2.45) is 0 Å². The number of thiophene rings is 1. The van der Waals surface area contributed by atoms with Crippen LogP contribution in [0.2, 0.25) is 0 Å². The first-order valence-corrected chi connectivity index (χ1v) is 19.5. The SMILES string of the molecule is c1ccc(-c2ccc(N(c3ccc(-c4ccccc4)cc3)c3cc4c5cc(-c6cccc7c6sc6ccccc67)ccc5oc4c4ccccc34)cc2)cc1. The van der Waals surface area contributed by atoms with E-state index < -0.39 is 0 Å². The molecule has 11 rings (SSSR count). The molecule has 0 saturated heterocycles. The minimum absolute atomic E-state index is 0.885. The minimum atomic E-state index is 0.885. The summed E-state index contributed by atoms with van der Waals surface area (Å²) >= 11 is 1.87. The Morgan fingerprint density at radius 2 is 0.909 bits per heavy atom. The Morgan fingerprint density at radius 3 is 1.58 bits per heavy atom. The van der Waals surface area contributed by atoms with Crippen molar-refractivity contribution in [1.29, 1.82) is 0 Å². The lowest BCUT2D eigenvalue weighted by molar-refractivity contribution is 0.672. The van der Waals surface area contributed by atoms with Crippen LogP contribution in [0, 0.1) is 0 Å². The highest BCUT2D eigenvalue weighted by molar-refractivity contribution is 7.26. The van der Waals surface area contributed by atoms with Crippen molar-refractivity contribution in [3.63, 3.8) is 0 Å². The van der Waals surface area contributed by atoms with Crippen LogP contribution in [-0.4, -0.2) is 0 Å². The van der Waals surface area contributed by atoms with Gasteiger partial charge in [-0.05, 0) is 81.9 Å². The molecule has 3 heteroatoms. The first-order chi connectivity index (χ1) is 27.3. The smallest absolute Gasteiger partial charge is 0.143 e. The third-order valence-corrected chi connectivity index (χ3v) is 12.1. The first-order valence-electron chi connectivity index (χ1n) is 18.7. The van der Waals surface area contributed by atoms with Gasteiger partial charge in [0.2, 0.25) is 0 Å². The summed E-state index contributed by atoms with van der Waals surface area (Å²) in [4.78, 5) is 2.39. The number of fused-ring (bicyclic) bond motifs is 8. The molecule has 0 aliphatic heterocycles. The Morgan fingerprint density at radius 1 is 0.364 bits per heavy atom. The van der Waals surface area contributed by atoms with Crippen LogP contribution in [0.3, 0.4) is 0 Å². The minimum Gasteiger partial charge on any atom is -0.455 e. The van der Waals surface area contributed by atoms with E-state index in [1.165, 1.54) is 53.6 Å². The van der Waals surface area contributed by atoms with Crippen molar-refractivity contribution in [2.75, 3.05) is 4.90 Å². The molecule has 258 valence electrons. The van der Waals surface area contributed by atoms with Gasteiger partial charge in [-0.3, -0.25) is 0 Å². The zero-order valence-electron chi connectivity index (χ0n) is 29.8. The van der Waals surface area contributed by atoms with Gasteiger partial charge in [-0.1, -0.05) is 152 Å². The Hall–Kier alpha value is -6.94. The molecule has 0 amide bonds. The third kappa shape index (κ3) is 5.32. The van der Waals surface area contributed by atoms with E-state index in [-0.39, 0.29) is 0 Å². The number of anilines is 3. The first kappa shape index (κ1) is 31.6. The predicted octanol–water partition coefficient (Wildman–Crippen LogP) is 15.6. The van der Waals surface area contributed by atoms with E-state index in [1.54, 1.807) is 0 Å². The van der Waals surface area contributed by atoms with Gasteiger partial charge in [0.15, 0.2) is 0 Å². The zero-order chi connectivity index (χ0) is 36.3. The summed E-state index contributed by atoms with van der Waals surface area (Å²) in [5.41, 5.74) is 12.3. The van der Waals surface area contributed by atoms with Gasteiger partial charge in [0.05, 0.1) is 5.69 Å². The van der Waals surface area contributed by atoms with Crippen molar-refractivity contribution in [3.8, 4) is 33.4 Å². The summed E-state index contributed by atoms with van der Waals surface area (Å²) in [6, 6.07) is 72.1. The van der Waals surface area contributed by atoms with Gasteiger partial charge in [0.25, 0.3) is 0 Å². The molecule has 11 aromatic rings. The zero-order valence-corrected chi connectivity index (χ0v) is 30.6. The monoisotopic (exact) mass is 719 g/mol. The van der Waals surface area contributed by atoms with Crippen LogP contribution in [0.1, 0.15) is 0 Å². The van der Waals surface area contributed by atoms with Crippen molar-refractivity contribution in [3.05, 3.63) is 200 Å². The van der Waals surface area contributed by atoms with E-state index in [0.717, 1.165) is 49.8 Å². The molecule has 9 aromatic carbocycles. The van der Waals surface area contributed by atoms with Crippen LogP contribution in [0.4, 0.5) is 17.1 Å². The van der Waals surface area contributed by atoms with Crippen LogP contribution in [0.5, 0.6) is 0 Å². The Balaban J connectivity index is 1.12. The highest BCUT2D eigenvalue weighted by Gasteiger charge is 2.21. The Labute approximate surface area is 322 Å². The summed E-state index contributed by atoms with van der Waals surface area (Å²) in [6.45, 7) is 0. The van der Waals surface area contributed by atoms with Crippen molar-refractivity contribution in [1.82, 2.24) is 0 Å². The van der Waals surface area contributed by atoms with Crippen molar-refractivity contribution in [2.45, 2.75) is 0 Å². The molecule has 2 heterocycles. The van der Waals surface area contributed by atoms with E-state index in [4.69, 9.17) is 4.42 Å². The van der Waals surface area contributed by atoms with Crippen LogP contribution in [0.15, 0.2) is 205 Å². The number of rotatable bonds is 6. The second-order valence-electron chi connectivity index (χ2n) is 14.1. The predicted molar refractivity (Wildman–Crippen MR) is 235 cm³/mol. The van der Waals surface area contributed by atoms with Gasteiger partial charge >= 0.3 is 0 Å². The maximum Gasteiger partial charge on any atom is 0.143 e. The maximum absolute atomic E-state index is 6.75. The molecule has 0 atom stereocenters. The molecule has 2 nitrogen and oxygen atoms in total. The number of furan rings is 1. The summed E-state index contributed by atoms with van der Waals surface area (Å²) in [7, 11) is 0. The molecular weight excluding hydrogens is 687 g/mol. The van der Waals surface area contributed by atoms with E-state index in [9.17, 15) is 0 Å². The summed E-state index contributed by atoms with van der Waals surface area (Å²) in [5.74, 6) is 0. The molecular formula is C52H33NOS. The van der Waals surface area contributed by atoms with Crippen LogP contribution >= 0.6 is 11.3 Å². The molecule has 55 heavy (non-hydrogen) atoms. The molecule has 0 saturated carbocycles. The molecule has 0 aliphatic carbocycles. The molecule has 0 spiro atoms.